The Morgan fingerprint density at radius 2 is 1.84 bits per heavy atom. The molecule has 0 fully saturated rings. The van der Waals surface area contributed by atoms with Crippen LogP contribution in [0.2, 0.25) is 0 Å². The van der Waals surface area contributed by atoms with Gasteiger partial charge in [-0.1, -0.05) is 45.4 Å². The van der Waals surface area contributed by atoms with E-state index >= 15 is 0 Å². The molecule has 0 aliphatic carbocycles. The van der Waals surface area contributed by atoms with E-state index in [0.717, 1.165) is 21.2 Å². The third-order valence-corrected chi connectivity index (χ3v) is 5.52. The number of hydrogen-bond acceptors (Lipinski definition) is 6. The highest BCUT2D eigenvalue weighted by molar-refractivity contribution is 9.10. The van der Waals surface area contributed by atoms with Gasteiger partial charge in [-0.3, -0.25) is 9.59 Å². The zero-order valence-corrected chi connectivity index (χ0v) is 19.1. The van der Waals surface area contributed by atoms with Crippen LogP contribution < -0.4 is 10.9 Å². The van der Waals surface area contributed by atoms with Gasteiger partial charge in [0.25, 0.3) is 5.56 Å². The minimum atomic E-state index is -0.490. The first kappa shape index (κ1) is 21.6. The van der Waals surface area contributed by atoms with Crippen LogP contribution in [0, 0.1) is 13.8 Å². The number of rotatable bonds is 6. The molecule has 2 aromatic carbocycles. The van der Waals surface area contributed by atoms with E-state index in [2.05, 4.69) is 36.5 Å². The van der Waals surface area contributed by atoms with Crippen molar-refractivity contribution in [2.45, 2.75) is 26.9 Å². The predicted octanol–water partition coefficient (Wildman–Crippen LogP) is 3.65. The second-order valence-electron chi connectivity index (χ2n) is 7.34. The summed E-state index contributed by atoms with van der Waals surface area (Å²) in [5, 5.41) is 11.0. The average Bonchev–Trinajstić information content (AvgIpc) is 3.25. The van der Waals surface area contributed by atoms with Gasteiger partial charge in [0.15, 0.2) is 5.82 Å². The van der Waals surface area contributed by atoms with Gasteiger partial charge in [0.1, 0.15) is 6.54 Å². The van der Waals surface area contributed by atoms with Gasteiger partial charge in [-0.2, -0.15) is 10.1 Å². The molecule has 8 nitrogen and oxygen atoms in total. The molecule has 9 heteroatoms. The van der Waals surface area contributed by atoms with Crippen LogP contribution in [-0.4, -0.2) is 25.8 Å². The largest absolute Gasteiger partial charge is 0.344 e. The lowest BCUT2D eigenvalue weighted by Crippen LogP contribution is -2.24. The van der Waals surface area contributed by atoms with Crippen LogP contribution in [-0.2, 0) is 13.1 Å². The highest BCUT2D eigenvalue weighted by Gasteiger charge is 2.16. The molecule has 162 valence electrons. The van der Waals surface area contributed by atoms with E-state index in [4.69, 9.17) is 4.52 Å². The summed E-state index contributed by atoms with van der Waals surface area (Å²) in [7, 11) is 0. The number of nitrogens with one attached hydrogen (secondary N) is 1. The quantitative estimate of drug-likeness (QED) is 0.439. The summed E-state index contributed by atoms with van der Waals surface area (Å²) in [6.45, 7) is 4.37. The zero-order chi connectivity index (χ0) is 22.7. The van der Waals surface area contributed by atoms with Crippen molar-refractivity contribution in [3.05, 3.63) is 97.8 Å². The molecule has 4 rings (SSSR count). The second kappa shape index (κ2) is 9.27. The summed E-state index contributed by atoms with van der Waals surface area (Å²) < 4.78 is 7.27. The summed E-state index contributed by atoms with van der Waals surface area (Å²) in [4.78, 5) is 28.7. The number of halogens is 1. The number of carbonyl (C=O) groups is 1. The number of aromatic nitrogens is 4. The first-order valence-corrected chi connectivity index (χ1v) is 10.7. The summed E-state index contributed by atoms with van der Waals surface area (Å²) >= 11 is 3.37. The first-order valence-electron chi connectivity index (χ1n) is 9.90. The number of amides is 1. The maximum absolute atomic E-state index is 12.3. The zero-order valence-electron chi connectivity index (χ0n) is 17.5. The standard InChI is InChI=1S/C23H20BrN5O3/c1-14-3-6-17(11-15(14)2)19-9-10-21(30)29(27-19)13-20-26-23(32-28-20)22(31)25-12-16-4-7-18(24)8-5-16/h3-11H,12-13H2,1-2H3,(H,25,31). The van der Waals surface area contributed by atoms with Crippen LogP contribution in [0.3, 0.4) is 0 Å². The fourth-order valence-electron chi connectivity index (χ4n) is 3.02. The molecule has 0 aliphatic heterocycles. The van der Waals surface area contributed by atoms with Crippen molar-refractivity contribution in [3.8, 4) is 11.3 Å². The average molecular weight is 494 g/mol. The molecule has 32 heavy (non-hydrogen) atoms. The van der Waals surface area contributed by atoms with Crippen LogP contribution in [0.15, 0.2) is 68.4 Å². The van der Waals surface area contributed by atoms with Crippen LogP contribution in [0.1, 0.15) is 33.2 Å². The fraction of sp³-hybridized carbons (Fsp3) is 0.174. The lowest BCUT2D eigenvalue weighted by molar-refractivity contribution is 0.0907. The molecular formula is C23H20BrN5O3. The highest BCUT2D eigenvalue weighted by Crippen LogP contribution is 2.19. The smallest absolute Gasteiger partial charge is 0.316 e. The molecule has 0 unspecified atom stereocenters. The number of benzene rings is 2. The molecular weight excluding hydrogens is 474 g/mol. The highest BCUT2D eigenvalue weighted by atomic mass is 79.9. The van der Waals surface area contributed by atoms with Crippen molar-refractivity contribution < 1.29 is 9.32 Å². The van der Waals surface area contributed by atoms with Gasteiger partial charge in [-0.25, -0.2) is 4.68 Å². The molecule has 1 N–H and O–H groups in total. The van der Waals surface area contributed by atoms with Crippen LogP contribution in [0.5, 0.6) is 0 Å². The maximum Gasteiger partial charge on any atom is 0.316 e. The van der Waals surface area contributed by atoms with Gasteiger partial charge in [0.05, 0.1) is 5.69 Å². The maximum atomic E-state index is 12.3. The Morgan fingerprint density at radius 1 is 1.06 bits per heavy atom. The van der Waals surface area contributed by atoms with E-state index in [1.165, 1.54) is 16.3 Å². The van der Waals surface area contributed by atoms with Crippen molar-refractivity contribution in [1.29, 1.82) is 0 Å². The summed E-state index contributed by atoms with van der Waals surface area (Å²) in [6, 6.07) is 16.7. The van der Waals surface area contributed by atoms with Crippen molar-refractivity contribution in [3.63, 3.8) is 0 Å². The summed E-state index contributed by atoms with van der Waals surface area (Å²) in [5.41, 5.74) is 4.51. The Bertz CT molecular complexity index is 1330. The molecule has 0 atom stereocenters. The van der Waals surface area contributed by atoms with Crippen LogP contribution in [0.25, 0.3) is 11.3 Å². The lowest BCUT2D eigenvalue weighted by atomic mass is 10.0. The molecule has 1 amide bonds. The van der Waals surface area contributed by atoms with Gasteiger partial charge in [-0.05, 0) is 54.8 Å². The molecule has 2 aromatic heterocycles. The van der Waals surface area contributed by atoms with Crippen LogP contribution >= 0.6 is 15.9 Å². The van der Waals surface area contributed by atoms with E-state index < -0.39 is 5.91 Å². The van der Waals surface area contributed by atoms with Gasteiger partial charge in [-0.15, -0.1) is 0 Å². The Labute approximate surface area is 192 Å². The minimum absolute atomic E-state index is 0.0129. The predicted molar refractivity (Wildman–Crippen MR) is 122 cm³/mol. The van der Waals surface area contributed by atoms with Crippen LogP contribution in [0.4, 0.5) is 0 Å². The SMILES string of the molecule is Cc1ccc(-c2ccc(=O)n(Cc3noc(C(=O)NCc4ccc(Br)cc4)n3)n2)cc1C. The van der Waals surface area contributed by atoms with Gasteiger partial charge in [0, 0.05) is 22.6 Å². The topological polar surface area (TPSA) is 103 Å². The minimum Gasteiger partial charge on any atom is -0.344 e. The Kier molecular flexibility index (Phi) is 6.27. The number of hydrogen-bond donors (Lipinski definition) is 1. The summed E-state index contributed by atoms with van der Waals surface area (Å²) in [5.74, 6) is -0.475. The van der Waals surface area contributed by atoms with E-state index in [-0.39, 0.29) is 23.8 Å². The van der Waals surface area contributed by atoms with Gasteiger partial charge < -0.3 is 9.84 Å². The third kappa shape index (κ3) is 5.00. The molecule has 0 saturated carbocycles. The monoisotopic (exact) mass is 493 g/mol. The number of aryl methyl sites for hydroxylation is 2. The molecule has 0 radical (unpaired) electrons. The van der Waals surface area contributed by atoms with E-state index in [1.54, 1.807) is 6.07 Å². The molecule has 0 aliphatic rings. The fourth-order valence-corrected chi connectivity index (χ4v) is 3.29. The van der Waals surface area contributed by atoms with Crippen molar-refractivity contribution in [2.75, 3.05) is 0 Å². The molecule has 4 aromatic rings. The summed E-state index contributed by atoms with van der Waals surface area (Å²) in [6.07, 6.45) is 0. The Hall–Kier alpha value is -3.59. The van der Waals surface area contributed by atoms with E-state index in [0.29, 0.717) is 12.2 Å². The van der Waals surface area contributed by atoms with Crippen molar-refractivity contribution in [1.82, 2.24) is 25.2 Å². The molecule has 0 spiro atoms. The van der Waals surface area contributed by atoms with Gasteiger partial charge in [0.2, 0.25) is 0 Å². The van der Waals surface area contributed by atoms with E-state index in [9.17, 15) is 9.59 Å². The Morgan fingerprint density at radius 3 is 2.59 bits per heavy atom. The number of carbonyl (C=O) groups excluding carboxylic acids is 1. The molecule has 0 bridgehead atoms. The van der Waals surface area contributed by atoms with E-state index in [1.807, 2.05) is 56.3 Å². The van der Waals surface area contributed by atoms with Crippen molar-refractivity contribution >= 4 is 21.8 Å². The lowest BCUT2D eigenvalue weighted by Gasteiger charge is -2.07. The number of nitrogens with zero attached hydrogens (tertiary/aromatic N) is 4. The Balaban J connectivity index is 1.46. The first-order chi connectivity index (χ1) is 15.4. The molecule has 0 saturated heterocycles. The van der Waals surface area contributed by atoms with Crippen molar-refractivity contribution in [2.24, 2.45) is 0 Å². The third-order valence-electron chi connectivity index (χ3n) is 4.99. The molecule has 2 heterocycles. The normalized spacial score (nSPS) is 10.8. The van der Waals surface area contributed by atoms with Gasteiger partial charge >= 0.3 is 11.8 Å². The second-order valence-corrected chi connectivity index (χ2v) is 8.25.